The minimum absolute atomic E-state index is 0.307. The van der Waals surface area contributed by atoms with Crippen LogP contribution in [0.4, 0.5) is 0 Å². The summed E-state index contributed by atoms with van der Waals surface area (Å²) in [5.41, 5.74) is 2.64. The van der Waals surface area contributed by atoms with Crippen molar-refractivity contribution in [3.05, 3.63) is 91.9 Å². The van der Waals surface area contributed by atoms with Crippen LogP contribution in [0.25, 0.3) is 15.9 Å². The Balaban J connectivity index is 1.98. The number of nitrogens with zero attached hydrogens (tertiary/aromatic N) is 2. The molecule has 27 heavy (non-hydrogen) atoms. The molecule has 4 aromatic rings. The van der Waals surface area contributed by atoms with Crippen molar-refractivity contribution in [2.45, 2.75) is 13.5 Å². The van der Waals surface area contributed by atoms with Crippen LogP contribution in [-0.2, 0) is 6.54 Å². The Morgan fingerprint density at radius 3 is 2.63 bits per heavy atom. The zero-order chi connectivity index (χ0) is 19.0. The number of rotatable bonds is 4. The minimum atomic E-state index is -0.361. The number of methoxy groups -OCH3 is 1. The van der Waals surface area contributed by atoms with E-state index in [2.05, 4.69) is 0 Å². The van der Waals surface area contributed by atoms with Crippen LogP contribution in [0, 0.1) is 6.92 Å². The van der Waals surface area contributed by atoms with Gasteiger partial charge in [-0.3, -0.25) is 9.36 Å². The molecule has 0 fully saturated rings. The van der Waals surface area contributed by atoms with Crippen LogP contribution >= 0.6 is 11.3 Å². The Morgan fingerprint density at radius 2 is 1.85 bits per heavy atom. The number of thiophene rings is 1. The highest BCUT2D eigenvalue weighted by Gasteiger charge is 2.16. The summed E-state index contributed by atoms with van der Waals surface area (Å²) >= 11 is 1.34. The molecule has 2 aromatic heterocycles. The second kappa shape index (κ2) is 6.89. The molecule has 0 spiro atoms. The second-order valence-corrected chi connectivity index (χ2v) is 7.25. The minimum Gasteiger partial charge on any atom is -0.497 e. The van der Waals surface area contributed by atoms with Gasteiger partial charge in [-0.1, -0.05) is 35.9 Å². The summed E-state index contributed by atoms with van der Waals surface area (Å²) in [5.74, 6) is 0.593. The topological polar surface area (TPSA) is 53.2 Å². The molecule has 0 saturated heterocycles. The van der Waals surface area contributed by atoms with E-state index in [-0.39, 0.29) is 11.2 Å². The van der Waals surface area contributed by atoms with Crippen molar-refractivity contribution in [2.75, 3.05) is 7.11 Å². The van der Waals surface area contributed by atoms with Crippen molar-refractivity contribution in [1.29, 1.82) is 0 Å². The first-order valence-electron chi connectivity index (χ1n) is 8.51. The van der Waals surface area contributed by atoms with Crippen molar-refractivity contribution in [3.63, 3.8) is 0 Å². The molecule has 6 heteroatoms. The highest BCUT2D eigenvalue weighted by Crippen LogP contribution is 2.19. The molecule has 136 valence electrons. The van der Waals surface area contributed by atoms with E-state index in [9.17, 15) is 9.59 Å². The molecule has 0 saturated carbocycles. The van der Waals surface area contributed by atoms with Gasteiger partial charge < -0.3 is 4.74 Å². The number of hydrogen-bond acceptors (Lipinski definition) is 4. The number of benzene rings is 2. The van der Waals surface area contributed by atoms with E-state index in [1.165, 1.54) is 15.9 Å². The standard InChI is InChI=1S/C21H18N2O3S/c1-14-5-3-6-15(11-14)13-22-18-9-10-27-19(18)20(24)23(21(22)25)16-7-4-8-17(12-16)26-2/h3-12H,13H2,1-2H3. The predicted octanol–water partition coefficient (Wildman–Crippen LogP) is 3.58. The molecule has 0 N–H and O–H groups in total. The molecule has 0 atom stereocenters. The highest BCUT2D eigenvalue weighted by molar-refractivity contribution is 7.17. The lowest BCUT2D eigenvalue weighted by Gasteiger charge is -2.13. The summed E-state index contributed by atoms with van der Waals surface area (Å²) in [5, 5.41) is 1.84. The van der Waals surface area contributed by atoms with Gasteiger partial charge in [-0.2, -0.15) is 0 Å². The van der Waals surface area contributed by atoms with E-state index in [0.29, 0.717) is 28.2 Å². The molecular weight excluding hydrogens is 360 g/mol. The van der Waals surface area contributed by atoms with Gasteiger partial charge in [-0.25, -0.2) is 9.36 Å². The van der Waals surface area contributed by atoms with Crippen LogP contribution < -0.4 is 16.0 Å². The van der Waals surface area contributed by atoms with Crippen LogP contribution in [0.3, 0.4) is 0 Å². The summed E-state index contributed by atoms with van der Waals surface area (Å²) < 4.78 is 8.68. The molecule has 0 radical (unpaired) electrons. The average molecular weight is 378 g/mol. The van der Waals surface area contributed by atoms with Gasteiger partial charge in [0.05, 0.1) is 24.9 Å². The van der Waals surface area contributed by atoms with Gasteiger partial charge in [0.25, 0.3) is 5.56 Å². The largest absolute Gasteiger partial charge is 0.497 e. The van der Waals surface area contributed by atoms with Crippen LogP contribution in [0.2, 0.25) is 0 Å². The quantitative estimate of drug-likeness (QED) is 0.545. The zero-order valence-corrected chi connectivity index (χ0v) is 15.8. The molecule has 2 aromatic carbocycles. The van der Waals surface area contributed by atoms with Crippen molar-refractivity contribution in [1.82, 2.24) is 9.13 Å². The summed E-state index contributed by atoms with van der Waals surface area (Å²) in [7, 11) is 1.56. The maximum absolute atomic E-state index is 13.3. The van der Waals surface area contributed by atoms with Crippen LogP contribution in [0.15, 0.2) is 69.6 Å². The highest BCUT2D eigenvalue weighted by atomic mass is 32.1. The third-order valence-electron chi connectivity index (χ3n) is 4.49. The Bertz CT molecular complexity index is 1250. The summed E-state index contributed by atoms with van der Waals surface area (Å²) in [6.45, 7) is 2.42. The van der Waals surface area contributed by atoms with Gasteiger partial charge in [0.2, 0.25) is 0 Å². The first-order valence-corrected chi connectivity index (χ1v) is 9.39. The summed E-state index contributed by atoms with van der Waals surface area (Å²) in [4.78, 5) is 26.3. The number of fused-ring (bicyclic) bond motifs is 1. The number of ether oxygens (including phenoxy) is 1. The lowest BCUT2D eigenvalue weighted by Crippen LogP contribution is -2.38. The van der Waals surface area contributed by atoms with Gasteiger partial charge in [0, 0.05) is 6.07 Å². The average Bonchev–Trinajstić information content (AvgIpc) is 3.16. The third-order valence-corrected chi connectivity index (χ3v) is 5.38. The SMILES string of the molecule is COc1cccc(-n2c(=O)c3sccc3n(Cc3cccc(C)c3)c2=O)c1. The maximum Gasteiger partial charge on any atom is 0.336 e. The Morgan fingerprint density at radius 1 is 1.04 bits per heavy atom. The molecule has 4 rings (SSSR count). The van der Waals surface area contributed by atoms with Gasteiger partial charge in [-0.15, -0.1) is 11.3 Å². The van der Waals surface area contributed by atoms with Crippen molar-refractivity contribution in [3.8, 4) is 11.4 Å². The second-order valence-electron chi connectivity index (χ2n) is 6.33. The van der Waals surface area contributed by atoms with E-state index in [0.717, 1.165) is 11.1 Å². The van der Waals surface area contributed by atoms with Crippen molar-refractivity contribution < 1.29 is 4.74 Å². The van der Waals surface area contributed by atoms with E-state index < -0.39 is 0 Å². The molecule has 0 aliphatic rings. The van der Waals surface area contributed by atoms with E-state index in [1.54, 1.807) is 35.9 Å². The fraction of sp³-hybridized carbons (Fsp3) is 0.143. The first kappa shape index (κ1) is 17.3. The molecule has 0 aliphatic carbocycles. The van der Waals surface area contributed by atoms with Gasteiger partial charge in [0.15, 0.2) is 0 Å². The number of hydrogen-bond donors (Lipinski definition) is 0. The Labute approximate surface area is 159 Å². The van der Waals surface area contributed by atoms with Crippen LogP contribution in [-0.4, -0.2) is 16.2 Å². The fourth-order valence-corrected chi connectivity index (χ4v) is 4.03. The molecule has 0 amide bonds. The number of aromatic nitrogens is 2. The van der Waals surface area contributed by atoms with Crippen molar-refractivity contribution in [2.24, 2.45) is 0 Å². The van der Waals surface area contributed by atoms with E-state index in [1.807, 2.05) is 42.6 Å². The van der Waals surface area contributed by atoms with Crippen LogP contribution in [0.5, 0.6) is 5.75 Å². The van der Waals surface area contributed by atoms with Gasteiger partial charge in [0.1, 0.15) is 10.4 Å². The molecule has 0 unspecified atom stereocenters. The molecule has 0 bridgehead atoms. The molecular formula is C21H18N2O3S. The van der Waals surface area contributed by atoms with E-state index >= 15 is 0 Å². The smallest absolute Gasteiger partial charge is 0.336 e. The lowest BCUT2D eigenvalue weighted by molar-refractivity contribution is 0.414. The van der Waals surface area contributed by atoms with Crippen molar-refractivity contribution >= 4 is 21.6 Å². The Hall–Kier alpha value is -3.12. The van der Waals surface area contributed by atoms with E-state index in [4.69, 9.17) is 4.74 Å². The lowest BCUT2D eigenvalue weighted by atomic mass is 10.1. The molecule has 5 nitrogen and oxygen atoms in total. The van der Waals surface area contributed by atoms with Crippen LogP contribution in [0.1, 0.15) is 11.1 Å². The summed E-state index contributed by atoms with van der Waals surface area (Å²) in [6.07, 6.45) is 0. The molecule has 2 heterocycles. The zero-order valence-electron chi connectivity index (χ0n) is 15.0. The fourth-order valence-electron chi connectivity index (χ4n) is 3.21. The maximum atomic E-state index is 13.3. The first-order chi connectivity index (χ1) is 13.1. The Kier molecular flexibility index (Phi) is 4.41. The van der Waals surface area contributed by atoms with Gasteiger partial charge >= 0.3 is 5.69 Å². The third kappa shape index (κ3) is 3.08. The molecule has 0 aliphatic heterocycles. The summed E-state index contributed by atoms with van der Waals surface area (Å²) in [6, 6.07) is 16.8. The number of aryl methyl sites for hydroxylation is 1. The van der Waals surface area contributed by atoms with Gasteiger partial charge in [-0.05, 0) is 36.1 Å². The monoisotopic (exact) mass is 378 g/mol. The normalized spacial score (nSPS) is 11.0. The predicted molar refractivity (Wildman–Crippen MR) is 109 cm³/mol.